The normalized spacial score (nSPS) is 23.0. The standard InChI is InChI=1S/C16H14BrN5O4/c1-7(23)13-12-5-11(14(16(25)26)22(12)15(13)24)8-2-9(17)4-10(3-8)21-6-18-19-20-21/h2-4,6-7,12-13,23H,5H2,1H3,(H,25,26)/t7-,12-,13-/m1/s1. The van der Waals surface area contributed by atoms with Crippen LogP contribution in [-0.4, -0.2) is 59.3 Å². The Morgan fingerprint density at radius 1 is 1.38 bits per heavy atom. The number of halogens is 1. The first-order chi connectivity index (χ1) is 12.4. The van der Waals surface area contributed by atoms with Crippen LogP contribution in [0.5, 0.6) is 0 Å². The maximum atomic E-state index is 12.3. The van der Waals surface area contributed by atoms with Crippen LogP contribution in [0, 0.1) is 5.92 Å². The second-order valence-electron chi connectivity index (χ2n) is 6.33. The summed E-state index contributed by atoms with van der Waals surface area (Å²) < 4.78 is 2.19. The number of hydrogen-bond acceptors (Lipinski definition) is 6. The van der Waals surface area contributed by atoms with E-state index in [0.717, 1.165) is 4.47 Å². The van der Waals surface area contributed by atoms with Crippen molar-refractivity contribution in [1.82, 2.24) is 25.1 Å². The highest BCUT2D eigenvalue weighted by atomic mass is 79.9. The number of benzene rings is 1. The van der Waals surface area contributed by atoms with Gasteiger partial charge in [0.2, 0.25) is 5.91 Å². The molecule has 10 heteroatoms. The quantitative estimate of drug-likeness (QED) is 0.703. The molecule has 134 valence electrons. The van der Waals surface area contributed by atoms with Crippen molar-refractivity contribution < 1.29 is 19.8 Å². The zero-order chi connectivity index (χ0) is 18.6. The Kier molecular flexibility index (Phi) is 3.88. The van der Waals surface area contributed by atoms with Crippen LogP contribution in [0.25, 0.3) is 11.3 Å². The van der Waals surface area contributed by atoms with Gasteiger partial charge in [-0.3, -0.25) is 4.79 Å². The molecule has 0 bridgehead atoms. The summed E-state index contributed by atoms with van der Waals surface area (Å²) >= 11 is 3.42. The minimum atomic E-state index is -1.16. The summed E-state index contributed by atoms with van der Waals surface area (Å²) in [6.07, 6.45) is 0.985. The van der Waals surface area contributed by atoms with Gasteiger partial charge in [-0.1, -0.05) is 15.9 Å². The van der Waals surface area contributed by atoms with E-state index in [1.165, 1.54) is 15.9 Å². The van der Waals surface area contributed by atoms with E-state index in [1.54, 1.807) is 25.1 Å². The SMILES string of the molecule is C[C@@H](O)[C@H]1C(=O)N2C(C(=O)O)=C(c3cc(Br)cc(-n4cnnn4)c3)C[C@H]12. The topological polar surface area (TPSA) is 121 Å². The molecule has 3 heterocycles. The molecule has 2 aromatic rings. The van der Waals surface area contributed by atoms with E-state index in [4.69, 9.17) is 0 Å². The number of tetrazole rings is 1. The highest BCUT2D eigenvalue weighted by molar-refractivity contribution is 9.10. The molecular weight excluding hydrogens is 406 g/mol. The predicted octanol–water partition coefficient (Wildman–Crippen LogP) is 0.832. The first-order valence-electron chi connectivity index (χ1n) is 7.90. The third-order valence-corrected chi connectivity index (χ3v) is 5.23. The number of nitrogens with zero attached hydrogens (tertiary/aromatic N) is 5. The molecule has 1 fully saturated rings. The molecule has 2 aliphatic rings. The van der Waals surface area contributed by atoms with Crippen LogP contribution in [0.2, 0.25) is 0 Å². The van der Waals surface area contributed by atoms with E-state index < -0.39 is 18.0 Å². The number of rotatable bonds is 4. The number of carboxylic acids is 1. The molecule has 0 radical (unpaired) electrons. The molecule has 2 aliphatic heterocycles. The Morgan fingerprint density at radius 3 is 2.77 bits per heavy atom. The lowest BCUT2D eigenvalue weighted by molar-refractivity contribution is -0.161. The summed E-state index contributed by atoms with van der Waals surface area (Å²) in [5.41, 5.74) is 1.84. The highest BCUT2D eigenvalue weighted by Gasteiger charge is 2.56. The Morgan fingerprint density at radius 2 is 2.15 bits per heavy atom. The van der Waals surface area contributed by atoms with Crippen molar-refractivity contribution >= 4 is 33.4 Å². The maximum Gasteiger partial charge on any atom is 0.352 e. The Hall–Kier alpha value is -2.59. The van der Waals surface area contributed by atoms with Crippen molar-refractivity contribution in [3.8, 4) is 5.69 Å². The second-order valence-corrected chi connectivity index (χ2v) is 7.25. The van der Waals surface area contributed by atoms with Crippen LogP contribution < -0.4 is 0 Å². The molecule has 1 aromatic heterocycles. The number of carboxylic acid groups (broad SMARTS) is 1. The molecule has 1 amide bonds. The maximum absolute atomic E-state index is 12.3. The van der Waals surface area contributed by atoms with E-state index in [0.29, 0.717) is 23.2 Å². The summed E-state index contributed by atoms with van der Waals surface area (Å²) in [7, 11) is 0. The van der Waals surface area contributed by atoms with Crippen LogP contribution in [-0.2, 0) is 9.59 Å². The monoisotopic (exact) mass is 419 g/mol. The molecule has 2 N–H and O–H groups in total. The van der Waals surface area contributed by atoms with Gasteiger partial charge < -0.3 is 15.1 Å². The van der Waals surface area contributed by atoms with Crippen molar-refractivity contribution in [2.24, 2.45) is 5.92 Å². The minimum absolute atomic E-state index is 0.0299. The van der Waals surface area contributed by atoms with Gasteiger partial charge in [0, 0.05) is 4.47 Å². The number of aliphatic carboxylic acids is 1. The predicted molar refractivity (Wildman–Crippen MR) is 91.8 cm³/mol. The lowest BCUT2D eigenvalue weighted by Crippen LogP contribution is -2.61. The summed E-state index contributed by atoms with van der Waals surface area (Å²) in [4.78, 5) is 25.4. The fourth-order valence-electron chi connectivity index (χ4n) is 3.69. The van der Waals surface area contributed by atoms with Crippen LogP contribution in [0.4, 0.5) is 0 Å². The molecule has 4 rings (SSSR count). The van der Waals surface area contributed by atoms with E-state index in [9.17, 15) is 19.8 Å². The number of aliphatic hydroxyl groups is 1. The largest absolute Gasteiger partial charge is 0.477 e. The summed E-state index contributed by atoms with van der Waals surface area (Å²) in [6, 6.07) is 5.03. The van der Waals surface area contributed by atoms with Crippen LogP contribution in [0.3, 0.4) is 0 Å². The van der Waals surface area contributed by atoms with Crippen molar-refractivity contribution in [3.63, 3.8) is 0 Å². The van der Waals surface area contributed by atoms with E-state index in [2.05, 4.69) is 31.5 Å². The number of amides is 1. The highest BCUT2D eigenvalue weighted by Crippen LogP contribution is 2.47. The lowest BCUT2D eigenvalue weighted by Gasteiger charge is -2.44. The van der Waals surface area contributed by atoms with Gasteiger partial charge in [-0.05, 0) is 53.1 Å². The van der Waals surface area contributed by atoms with E-state index in [1.807, 2.05) is 0 Å². The lowest BCUT2D eigenvalue weighted by atomic mass is 9.82. The summed E-state index contributed by atoms with van der Waals surface area (Å²) in [6.45, 7) is 1.55. The number of β-lactam (4-membered cyclic amide) rings is 1. The van der Waals surface area contributed by atoms with Crippen LogP contribution in [0.1, 0.15) is 18.9 Å². The van der Waals surface area contributed by atoms with Gasteiger partial charge in [-0.2, -0.15) is 0 Å². The van der Waals surface area contributed by atoms with Crippen molar-refractivity contribution in [1.29, 1.82) is 0 Å². The molecule has 9 nitrogen and oxygen atoms in total. The molecule has 0 saturated carbocycles. The van der Waals surface area contributed by atoms with Crippen LogP contribution in [0.15, 0.2) is 34.7 Å². The second kappa shape index (κ2) is 5.99. The first-order valence-corrected chi connectivity index (χ1v) is 8.69. The number of hydrogen-bond donors (Lipinski definition) is 2. The van der Waals surface area contributed by atoms with Crippen LogP contribution >= 0.6 is 15.9 Å². The minimum Gasteiger partial charge on any atom is -0.477 e. The molecule has 0 unspecified atom stereocenters. The van der Waals surface area contributed by atoms with Gasteiger partial charge in [0.25, 0.3) is 0 Å². The Bertz CT molecular complexity index is 940. The molecular formula is C16H14BrN5O4. The Labute approximate surface area is 156 Å². The van der Waals surface area contributed by atoms with Gasteiger partial charge in [0.1, 0.15) is 12.0 Å². The van der Waals surface area contributed by atoms with Crippen molar-refractivity contribution in [2.75, 3.05) is 0 Å². The molecule has 1 saturated heterocycles. The van der Waals surface area contributed by atoms with Crippen molar-refractivity contribution in [3.05, 3.63) is 40.3 Å². The molecule has 26 heavy (non-hydrogen) atoms. The number of carbonyl (C=O) groups is 2. The summed E-state index contributed by atoms with van der Waals surface area (Å²) in [5.74, 6) is -2.09. The average molecular weight is 420 g/mol. The van der Waals surface area contributed by atoms with Gasteiger partial charge in [0.05, 0.1) is 23.8 Å². The number of aliphatic hydroxyl groups excluding tert-OH is 1. The van der Waals surface area contributed by atoms with E-state index in [-0.39, 0.29) is 17.6 Å². The van der Waals surface area contributed by atoms with Gasteiger partial charge in [-0.25, -0.2) is 9.48 Å². The fourth-order valence-corrected chi connectivity index (χ4v) is 4.17. The molecule has 3 atom stereocenters. The number of fused-ring (bicyclic) bond motifs is 1. The van der Waals surface area contributed by atoms with Gasteiger partial charge in [0.15, 0.2) is 0 Å². The Balaban J connectivity index is 1.80. The zero-order valence-electron chi connectivity index (χ0n) is 13.6. The number of carbonyl (C=O) groups excluding carboxylic acids is 1. The zero-order valence-corrected chi connectivity index (χ0v) is 15.2. The first kappa shape index (κ1) is 16.9. The third kappa shape index (κ3) is 2.44. The number of aromatic nitrogens is 4. The fraction of sp³-hybridized carbons (Fsp3) is 0.312. The molecule has 0 aliphatic carbocycles. The smallest absolute Gasteiger partial charge is 0.352 e. The summed E-state index contributed by atoms with van der Waals surface area (Å²) in [5, 5.41) is 30.6. The third-order valence-electron chi connectivity index (χ3n) is 4.78. The van der Waals surface area contributed by atoms with Gasteiger partial charge >= 0.3 is 5.97 Å². The molecule has 0 spiro atoms. The van der Waals surface area contributed by atoms with Crippen molar-refractivity contribution in [2.45, 2.75) is 25.5 Å². The van der Waals surface area contributed by atoms with Gasteiger partial charge in [-0.15, -0.1) is 5.10 Å². The van der Waals surface area contributed by atoms with E-state index >= 15 is 0 Å². The molecule has 1 aromatic carbocycles. The average Bonchev–Trinajstić information content (AvgIpc) is 3.19.